The number of rotatable bonds is 6. The molecule has 6 nitrogen and oxygen atoms in total. The first-order valence-corrected chi connectivity index (χ1v) is 7.31. The zero-order chi connectivity index (χ0) is 15.0. The van der Waals surface area contributed by atoms with Gasteiger partial charge in [0.1, 0.15) is 0 Å². The van der Waals surface area contributed by atoms with Gasteiger partial charge in [0.05, 0.1) is 0 Å². The summed E-state index contributed by atoms with van der Waals surface area (Å²) in [6, 6.07) is -0.425. The lowest BCUT2D eigenvalue weighted by atomic mass is 9.85. The van der Waals surface area contributed by atoms with Crippen molar-refractivity contribution in [3.63, 3.8) is 0 Å². The van der Waals surface area contributed by atoms with Crippen LogP contribution >= 0.6 is 0 Å². The minimum absolute atomic E-state index is 0.0531. The number of urea groups is 1. The molecule has 1 aliphatic rings. The van der Waals surface area contributed by atoms with Crippen LogP contribution in [0.2, 0.25) is 0 Å². The molecule has 0 aromatic carbocycles. The van der Waals surface area contributed by atoms with E-state index in [1.54, 1.807) is 0 Å². The van der Waals surface area contributed by atoms with Gasteiger partial charge >= 0.3 is 12.0 Å². The van der Waals surface area contributed by atoms with Crippen LogP contribution in [-0.2, 0) is 9.59 Å². The van der Waals surface area contributed by atoms with Crippen molar-refractivity contribution < 1.29 is 19.5 Å². The fourth-order valence-electron chi connectivity index (χ4n) is 2.58. The molecule has 20 heavy (non-hydrogen) atoms. The molecule has 1 unspecified atom stereocenters. The Morgan fingerprint density at radius 1 is 1.15 bits per heavy atom. The van der Waals surface area contributed by atoms with Crippen molar-refractivity contribution in [1.82, 2.24) is 10.6 Å². The Hall–Kier alpha value is -1.59. The fraction of sp³-hybridized carbons (Fsp3) is 0.786. The Morgan fingerprint density at radius 2 is 1.80 bits per heavy atom. The van der Waals surface area contributed by atoms with Crippen LogP contribution in [0.25, 0.3) is 0 Å². The molecule has 3 amide bonds. The average Bonchev–Trinajstić information content (AvgIpc) is 2.38. The van der Waals surface area contributed by atoms with E-state index in [2.05, 4.69) is 10.6 Å². The average molecular weight is 284 g/mol. The molecule has 0 bridgehead atoms. The number of nitrogens with one attached hydrogen (secondary N) is 2. The number of aliphatic carboxylic acids is 1. The van der Waals surface area contributed by atoms with Crippen LogP contribution in [0.3, 0.4) is 0 Å². The highest BCUT2D eigenvalue weighted by molar-refractivity contribution is 5.94. The molecular weight excluding hydrogens is 260 g/mol. The fourth-order valence-corrected chi connectivity index (χ4v) is 2.58. The van der Waals surface area contributed by atoms with Gasteiger partial charge < -0.3 is 10.4 Å². The Kier molecular flexibility index (Phi) is 7.04. The maximum absolute atomic E-state index is 11.6. The van der Waals surface area contributed by atoms with Crippen molar-refractivity contribution in [3.8, 4) is 0 Å². The third-order valence-electron chi connectivity index (χ3n) is 3.76. The molecule has 0 aromatic rings. The van der Waals surface area contributed by atoms with Gasteiger partial charge in [0.2, 0.25) is 5.91 Å². The molecule has 6 heteroatoms. The second-order valence-electron chi connectivity index (χ2n) is 5.46. The van der Waals surface area contributed by atoms with Crippen LogP contribution in [0.5, 0.6) is 0 Å². The van der Waals surface area contributed by atoms with Crippen LogP contribution in [0.15, 0.2) is 0 Å². The van der Waals surface area contributed by atoms with Gasteiger partial charge in [-0.2, -0.15) is 0 Å². The van der Waals surface area contributed by atoms with Crippen molar-refractivity contribution in [2.24, 2.45) is 5.92 Å². The monoisotopic (exact) mass is 284 g/mol. The summed E-state index contributed by atoms with van der Waals surface area (Å²) < 4.78 is 0. The van der Waals surface area contributed by atoms with Gasteiger partial charge in [-0.15, -0.1) is 0 Å². The summed E-state index contributed by atoms with van der Waals surface area (Å²) >= 11 is 0. The number of hydrogen-bond acceptors (Lipinski definition) is 3. The molecule has 114 valence electrons. The quantitative estimate of drug-likeness (QED) is 0.695. The molecule has 0 saturated heterocycles. The Morgan fingerprint density at radius 3 is 2.40 bits per heavy atom. The second kappa shape index (κ2) is 8.55. The number of carbonyl (C=O) groups is 3. The summed E-state index contributed by atoms with van der Waals surface area (Å²) in [4.78, 5) is 33.4. The zero-order valence-corrected chi connectivity index (χ0v) is 12.0. The van der Waals surface area contributed by atoms with Crippen LogP contribution in [0, 0.1) is 5.92 Å². The van der Waals surface area contributed by atoms with Crippen molar-refractivity contribution >= 4 is 17.9 Å². The van der Waals surface area contributed by atoms with Gasteiger partial charge in [-0.3, -0.25) is 14.9 Å². The number of hydrogen-bond donors (Lipinski definition) is 3. The van der Waals surface area contributed by atoms with Crippen LogP contribution < -0.4 is 10.6 Å². The minimum Gasteiger partial charge on any atom is -0.481 e. The lowest BCUT2D eigenvalue weighted by Crippen LogP contribution is -2.46. The number of amides is 3. The third-order valence-corrected chi connectivity index (χ3v) is 3.76. The highest BCUT2D eigenvalue weighted by atomic mass is 16.4. The molecule has 1 atom stereocenters. The molecular formula is C14H24N2O4. The SMILES string of the molecule is CC(NC(=O)NC(=O)CCCC(=O)O)C1CCCCC1. The molecule has 3 N–H and O–H groups in total. The lowest BCUT2D eigenvalue weighted by Gasteiger charge is -2.28. The van der Waals surface area contributed by atoms with E-state index in [0.29, 0.717) is 5.92 Å². The van der Waals surface area contributed by atoms with Gasteiger partial charge in [-0.1, -0.05) is 19.3 Å². The predicted octanol–water partition coefficient (Wildman–Crippen LogP) is 2.04. The van der Waals surface area contributed by atoms with E-state index in [0.717, 1.165) is 12.8 Å². The largest absolute Gasteiger partial charge is 0.481 e. The smallest absolute Gasteiger partial charge is 0.321 e. The van der Waals surface area contributed by atoms with Crippen LogP contribution in [0.1, 0.15) is 58.3 Å². The van der Waals surface area contributed by atoms with E-state index in [1.807, 2.05) is 6.92 Å². The van der Waals surface area contributed by atoms with Crippen LogP contribution in [-0.4, -0.2) is 29.1 Å². The second-order valence-corrected chi connectivity index (χ2v) is 5.46. The highest BCUT2D eigenvalue weighted by Gasteiger charge is 2.21. The Bertz CT molecular complexity index is 351. The lowest BCUT2D eigenvalue weighted by molar-refractivity contribution is -0.137. The van der Waals surface area contributed by atoms with Gasteiger partial charge in [-0.25, -0.2) is 4.79 Å². The van der Waals surface area contributed by atoms with Crippen molar-refractivity contribution in [2.75, 3.05) is 0 Å². The summed E-state index contributed by atoms with van der Waals surface area (Å²) in [5.41, 5.74) is 0. The van der Waals surface area contributed by atoms with Gasteiger partial charge in [-0.05, 0) is 32.1 Å². The van der Waals surface area contributed by atoms with Gasteiger partial charge in [0, 0.05) is 18.9 Å². The summed E-state index contributed by atoms with van der Waals surface area (Å²) in [5.74, 6) is -0.885. The molecule has 0 spiro atoms. The maximum atomic E-state index is 11.6. The number of imide groups is 1. The molecule has 1 fully saturated rings. The normalized spacial score (nSPS) is 17.2. The molecule has 1 aliphatic carbocycles. The minimum atomic E-state index is -0.937. The van der Waals surface area contributed by atoms with E-state index in [4.69, 9.17) is 5.11 Å². The summed E-state index contributed by atoms with van der Waals surface area (Å²) in [5, 5.41) is 13.5. The number of carboxylic acids is 1. The van der Waals surface area contributed by atoms with Gasteiger partial charge in [0.15, 0.2) is 0 Å². The Labute approximate surface area is 119 Å². The molecule has 0 heterocycles. The highest BCUT2D eigenvalue weighted by Crippen LogP contribution is 2.26. The van der Waals surface area contributed by atoms with Crippen molar-refractivity contribution in [3.05, 3.63) is 0 Å². The molecule has 0 aromatic heterocycles. The molecule has 1 rings (SSSR count). The first kappa shape index (κ1) is 16.5. The van der Waals surface area contributed by atoms with Crippen LogP contribution in [0.4, 0.5) is 4.79 Å². The van der Waals surface area contributed by atoms with E-state index in [1.165, 1.54) is 19.3 Å². The summed E-state index contributed by atoms with van der Waals surface area (Å²) in [6.07, 6.45) is 6.13. The van der Waals surface area contributed by atoms with E-state index in [-0.39, 0.29) is 25.3 Å². The molecule has 1 saturated carbocycles. The first-order chi connectivity index (χ1) is 9.49. The van der Waals surface area contributed by atoms with Crippen molar-refractivity contribution in [2.45, 2.75) is 64.3 Å². The maximum Gasteiger partial charge on any atom is 0.321 e. The summed E-state index contributed by atoms with van der Waals surface area (Å²) in [6.45, 7) is 1.96. The number of carbonyl (C=O) groups excluding carboxylic acids is 2. The van der Waals surface area contributed by atoms with Gasteiger partial charge in [0.25, 0.3) is 0 Å². The van der Waals surface area contributed by atoms with E-state index >= 15 is 0 Å². The third kappa shape index (κ3) is 6.54. The zero-order valence-electron chi connectivity index (χ0n) is 12.0. The Balaban J connectivity index is 2.21. The standard InChI is InChI=1S/C14H24N2O4/c1-10(11-6-3-2-4-7-11)15-14(20)16-12(17)8-5-9-13(18)19/h10-11H,2-9H2,1H3,(H,18,19)(H2,15,16,17,20). The van der Waals surface area contributed by atoms with Crippen molar-refractivity contribution in [1.29, 1.82) is 0 Å². The summed E-state index contributed by atoms with van der Waals surface area (Å²) in [7, 11) is 0. The molecule has 0 radical (unpaired) electrons. The van der Waals surface area contributed by atoms with E-state index in [9.17, 15) is 14.4 Å². The number of carboxylic acid groups (broad SMARTS) is 1. The van der Waals surface area contributed by atoms with E-state index < -0.39 is 17.9 Å². The predicted molar refractivity (Wildman–Crippen MR) is 74.2 cm³/mol. The first-order valence-electron chi connectivity index (χ1n) is 7.31. The molecule has 0 aliphatic heterocycles. The topological polar surface area (TPSA) is 95.5 Å².